The molecular weight excluding hydrogens is 442 g/mol. The number of likely N-dealkylation sites (tertiary alicyclic amines) is 1. The molecule has 2 aromatic carbocycles. The van der Waals surface area contributed by atoms with E-state index >= 15 is 0 Å². The molecule has 1 N–H and O–H groups in total. The molecule has 1 aliphatic rings. The largest absolute Gasteiger partial charge is 0.356 e. The fourth-order valence-electron chi connectivity index (χ4n) is 4.06. The quantitative estimate of drug-likeness (QED) is 0.543. The fourth-order valence-corrected chi connectivity index (χ4v) is 4.33. The third-order valence-electron chi connectivity index (χ3n) is 5.80. The molecule has 0 radical (unpaired) electrons. The molecule has 30 heavy (non-hydrogen) atoms. The lowest BCUT2D eigenvalue weighted by molar-refractivity contribution is -0.126. The van der Waals surface area contributed by atoms with Crippen LogP contribution >= 0.6 is 15.9 Å². The number of hydrogen-bond donors (Lipinski definition) is 1. The number of fused-ring (bicyclic) bond motifs is 1. The van der Waals surface area contributed by atoms with Crippen molar-refractivity contribution >= 4 is 38.6 Å². The van der Waals surface area contributed by atoms with E-state index < -0.39 is 0 Å². The number of para-hydroxylation sites is 1. The molecule has 6 heteroatoms. The van der Waals surface area contributed by atoms with Gasteiger partial charge in [-0.3, -0.25) is 9.59 Å². The van der Waals surface area contributed by atoms with Gasteiger partial charge in [0.1, 0.15) is 0 Å². The summed E-state index contributed by atoms with van der Waals surface area (Å²) in [5.74, 6) is 0.148. The highest BCUT2D eigenvalue weighted by molar-refractivity contribution is 9.10. The molecule has 156 valence electrons. The van der Waals surface area contributed by atoms with Crippen LogP contribution in [-0.4, -0.2) is 40.9 Å². The maximum absolute atomic E-state index is 12.6. The normalized spacial score (nSPS) is 14.8. The van der Waals surface area contributed by atoms with Crippen LogP contribution in [-0.2, 0) is 11.3 Å². The molecule has 0 saturated carbocycles. The van der Waals surface area contributed by atoms with Crippen molar-refractivity contribution < 1.29 is 9.59 Å². The van der Waals surface area contributed by atoms with Crippen molar-refractivity contribution in [2.45, 2.75) is 25.8 Å². The van der Waals surface area contributed by atoms with Crippen molar-refractivity contribution in [2.24, 2.45) is 5.92 Å². The summed E-state index contributed by atoms with van der Waals surface area (Å²) in [6.07, 6.45) is 4.43. The maximum Gasteiger partial charge on any atom is 0.253 e. The second kappa shape index (κ2) is 9.47. The average molecular weight is 468 g/mol. The van der Waals surface area contributed by atoms with E-state index in [-0.39, 0.29) is 17.7 Å². The summed E-state index contributed by atoms with van der Waals surface area (Å²) < 4.78 is 3.19. The number of carbonyl (C=O) groups excluding carboxylic acids is 2. The first kappa shape index (κ1) is 20.7. The highest BCUT2D eigenvalue weighted by Crippen LogP contribution is 2.20. The number of nitrogens with one attached hydrogen (secondary N) is 1. The Bertz CT molecular complexity index is 1020. The Balaban J connectivity index is 1.20. The van der Waals surface area contributed by atoms with Gasteiger partial charge in [0.05, 0.1) is 0 Å². The molecule has 4 rings (SSSR count). The van der Waals surface area contributed by atoms with Crippen LogP contribution in [0.1, 0.15) is 29.6 Å². The Labute approximate surface area is 185 Å². The van der Waals surface area contributed by atoms with Gasteiger partial charge in [0.15, 0.2) is 0 Å². The summed E-state index contributed by atoms with van der Waals surface area (Å²) >= 11 is 3.39. The van der Waals surface area contributed by atoms with Crippen LogP contribution < -0.4 is 5.32 Å². The Morgan fingerprint density at radius 2 is 1.73 bits per heavy atom. The summed E-state index contributed by atoms with van der Waals surface area (Å²) in [4.78, 5) is 27.0. The van der Waals surface area contributed by atoms with Crippen molar-refractivity contribution in [2.75, 3.05) is 19.6 Å². The van der Waals surface area contributed by atoms with Gasteiger partial charge < -0.3 is 14.8 Å². The lowest BCUT2D eigenvalue weighted by atomic mass is 9.95. The average Bonchev–Trinajstić information content (AvgIpc) is 3.20. The zero-order valence-electron chi connectivity index (χ0n) is 16.9. The molecule has 0 aliphatic carbocycles. The summed E-state index contributed by atoms with van der Waals surface area (Å²) in [5, 5.41) is 4.33. The van der Waals surface area contributed by atoms with E-state index in [2.05, 4.69) is 56.3 Å². The van der Waals surface area contributed by atoms with Crippen molar-refractivity contribution in [3.05, 3.63) is 70.8 Å². The predicted molar refractivity (Wildman–Crippen MR) is 122 cm³/mol. The van der Waals surface area contributed by atoms with E-state index in [9.17, 15) is 9.59 Å². The number of aromatic nitrogens is 1. The minimum absolute atomic E-state index is 0.00798. The smallest absolute Gasteiger partial charge is 0.253 e. The molecule has 1 fully saturated rings. The van der Waals surface area contributed by atoms with Gasteiger partial charge in [-0.15, -0.1) is 0 Å². The van der Waals surface area contributed by atoms with Crippen LogP contribution in [0, 0.1) is 5.92 Å². The van der Waals surface area contributed by atoms with E-state index in [1.54, 1.807) is 0 Å². The van der Waals surface area contributed by atoms with Gasteiger partial charge in [0, 0.05) is 53.8 Å². The number of hydrogen-bond acceptors (Lipinski definition) is 2. The van der Waals surface area contributed by atoms with Gasteiger partial charge in [0.25, 0.3) is 5.91 Å². The molecule has 1 saturated heterocycles. The molecule has 0 atom stereocenters. The van der Waals surface area contributed by atoms with Crippen LogP contribution in [0.5, 0.6) is 0 Å². The number of aryl methyl sites for hydroxylation is 1. The summed E-state index contributed by atoms with van der Waals surface area (Å²) in [6.45, 7) is 2.81. The number of benzene rings is 2. The first-order valence-electron chi connectivity index (χ1n) is 10.5. The van der Waals surface area contributed by atoms with E-state index in [0.29, 0.717) is 25.2 Å². The van der Waals surface area contributed by atoms with Gasteiger partial charge in [-0.05, 0) is 61.0 Å². The van der Waals surface area contributed by atoms with E-state index in [4.69, 9.17) is 0 Å². The molecule has 1 aliphatic heterocycles. The van der Waals surface area contributed by atoms with Gasteiger partial charge in [-0.2, -0.15) is 0 Å². The maximum atomic E-state index is 12.6. The molecule has 1 aromatic heterocycles. The summed E-state index contributed by atoms with van der Waals surface area (Å²) in [7, 11) is 0. The number of piperidine rings is 1. The number of nitrogens with zero attached hydrogens (tertiary/aromatic N) is 2. The van der Waals surface area contributed by atoms with Gasteiger partial charge in [0.2, 0.25) is 5.91 Å². The van der Waals surface area contributed by atoms with Gasteiger partial charge in [-0.1, -0.05) is 34.1 Å². The second-order valence-corrected chi connectivity index (χ2v) is 8.70. The van der Waals surface area contributed by atoms with Crippen LogP contribution in [0.25, 0.3) is 10.9 Å². The van der Waals surface area contributed by atoms with Crippen molar-refractivity contribution in [1.82, 2.24) is 14.8 Å². The van der Waals surface area contributed by atoms with Crippen molar-refractivity contribution in [3.8, 4) is 0 Å². The lowest BCUT2D eigenvalue weighted by Gasteiger charge is -2.31. The number of amides is 2. The highest BCUT2D eigenvalue weighted by Gasteiger charge is 2.27. The standard InChI is InChI=1S/C24H26BrN3O2/c25-21-8-6-20(7-9-21)24(30)28-16-11-19(12-17-28)23(29)26-13-3-14-27-15-10-18-4-1-2-5-22(18)27/h1-2,4-10,15,19H,3,11-14,16-17H2,(H,26,29). The molecular formula is C24H26BrN3O2. The Morgan fingerprint density at radius 1 is 1.00 bits per heavy atom. The zero-order valence-corrected chi connectivity index (χ0v) is 18.5. The molecule has 0 spiro atoms. The Morgan fingerprint density at radius 3 is 2.50 bits per heavy atom. The predicted octanol–water partition coefficient (Wildman–Crippen LogP) is 4.46. The first-order chi connectivity index (χ1) is 14.6. The Hall–Kier alpha value is -2.60. The number of carbonyl (C=O) groups is 2. The fraction of sp³-hybridized carbons (Fsp3) is 0.333. The monoisotopic (exact) mass is 467 g/mol. The van der Waals surface area contributed by atoms with E-state index in [1.165, 1.54) is 10.9 Å². The summed E-state index contributed by atoms with van der Waals surface area (Å²) in [5.41, 5.74) is 1.92. The third-order valence-corrected chi connectivity index (χ3v) is 6.33. The summed E-state index contributed by atoms with van der Waals surface area (Å²) in [6, 6.07) is 17.9. The molecule has 0 bridgehead atoms. The molecule has 2 amide bonds. The third kappa shape index (κ3) is 4.75. The van der Waals surface area contributed by atoms with Gasteiger partial charge in [-0.25, -0.2) is 0 Å². The van der Waals surface area contributed by atoms with E-state index in [0.717, 1.165) is 30.3 Å². The Kier molecular flexibility index (Phi) is 6.53. The molecule has 2 heterocycles. The second-order valence-electron chi connectivity index (χ2n) is 7.79. The minimum Gasteiger partial charge on any atom is -0.356 e. The topological polar surface area (TPSA) is 54.3 Å². The number of rotatable bonds is 6. The zero-order chi connectivity index (χ0) is 20.9. The van der Waals surface area contributed by atoms with Crippen molar-refractivity contribution in [3.63, 3.8) is 0 Å². The van der Waals surface area contributed by atoms with Crippen molar-refractivity contribution in [1.29, 1.82) is 0 Å². The molecule has 5 nitrogen and oxygen atoms in total. The highest BCUT2D eigenvalue weighted by atomic mass is 79.9. The molecule has 0 unspecified atom stereocenters. The first-order valence-corrected chi connectivity index (χ1v) is 11.3. The van der Waals surface area contributed by atoms with E-state index in [1.807, 2.05) is 35.2 Å². The van der Waals surface area contributed by atoms with Crippen LogP contribution in [0.2, 0.25) is 0 Å². The lowest BCUT2D eigenvalue weighted by Crippen LogP contribution is -2.43. The van der Waals surface area contributed by atoms with Crippen LogP contribution in [0.3, 0.4) is 0 Å². The van der Waals surface area contributed by atoms with Gasteiger partial charge >= 0.3 is 0 Å². The molecule has 3 aromatic rings. The SMILES string of the molecule is O=C(NCCCn1ccc2ccccc21)C1CCN(C(=O)c2ccc(Br)cc2)CC1. The number of halogens is 1. The van der Waals surface area contributed by atoms with Crippen LogP contribution in [0.15, 0.2) is 65.3 Å². The van der Waals surface area contributed by atoms with Crippen LogP contribution in [0.4, 0.5) is 0 Å². The minimum atomic E-state index is -0.00798.